The lowest BCUT2D eigenvalue weighted by Crippen LogP contribution is -3.14. The van der Waals surface area contributed by atoms with E-state index in [1.54, 1.807) is 9.58 Å². The summed E-state index contributed by atoms with van der Waals surface area (Å²) in [7, 11) is 1.87. The molecule has 2 aromatic rings. The van der Waals surface area contributed by atoms with Gasteiger partial charge in [-0.25, -0.2) is 0 Å². The highest BCUT2D eigenvalue weighted by Gasteiger charge is 2.32. The number of likely N-dealkylation sites (N-methyl/N-ethyl adjacent to an activating group) is 1. The molecule has 1 N–H and O–H groups in total. The number of hydrogen-bond donors (Lipinski definition) is 1. The standard InChI is InChI=1S/C21H28N4O3/c1-4-24-9-5-6-17(24)13-25(21(26)18-10-15(2)23(3)22-18)12-16-7-8-19-20(11-16)28-14-27-19/h7-8,10-11,17H,4-6,9,12-14H2,1-3H3/p+1/t17-/m1/s1. The Kier molecular flexibility index (Phi) is 5.26. The van der Waals surface area contributed by atoms with Crippen LogP contribution in [0.5, 0.6) is 11.5 Å². The molecule has 1 saturated heterocycles. The van der Waals surface area contributed by atoms with Gasteiger partial charge in [-0.2, -0.15) is 5.10 Å². The highest BCUT2D eigenvalue weighted by atomic mass is 16.7. The Morgan fingerprint density at radius 3 is 2.89 bits per heavy atom. The maximum Gasteiger partial charge on any atom is 0.274 e. The van der Waals surface area contributed by atoms with Crippen LogP contribution in [-0.4, -0.2) is 53.1 Å². The Bertz CT molecular complexity index is 844. The largest absolute Gasteiger partial charge is 0.454 e. The molecule has 1 aromatic heterocycles. The van der Waals surface area contributed by atoms with Crippen LogP contribution in [0, 0.1) is 6.92 Å². The second kappa shape index (κ2) is 7.83. The van der Waals surface area contributed by atoms with Crippen molar-refractivity contribution in [2.24, 2.45) is 7.05 Å². The molecule has 150 valence electrons. The smallest absolute Gasteiger partial charge is 0.274 e. The lowest BCUT2D eigenvalue weighted by atomic mass is 10.1. The fraction of sp³-hybridized carbons (Fsp3) is 0.524. The highest BCUT2D eigenvalue weighted by molar-refractivity contribution is 5.92. The van der Waals surface area contributed by atoms with Crippen molar-refractivity contribution in [1.29, 1.82) is 0 Å². The Hall–Kier alpha value is -2.54. The molecule has 1 unspecified atom stereocenters. The monoisotopic (exact) mass is 385 g/mol. The van der Waals surface area contributed by atoms with Crippen LogP contribution >= 0.6 is 0 Å². The van der Waals surface area contributed by atoms with Crippen LogP contribution in [0.4, 0.5) is 0 Å². The number of carbonyl (C=O) groups is 1. The van der Waals surface area contributed by atoms with Gasteiger partial charge in [-0.3, -0.25) is 9.48 Å². The molecule has 1 aromatic carbocycles. The van der Waals surface area contributed by atoms with Crippen LogP contribution in [-0.2, 0) is 13.6 Å². The van der Waals surface area contributed by atoms with E-state index in [1.165, 1.54) is 13.0 Å². The minimum atomic E-state index is -0.0104. The number of aryl methyl sites for hydroxylation is 2. The first-order chi connectivity index (χ1) is 13.5. The first-order valence-corrected chi connectivity index (χ1v) is 10.1. The lowest BCUT2D eigenvalue weighted by Gasteiger charge is -2.28. The molecule has 28 heavy (non-hydrogen) atoms. The van der Waals surface area contributed by atoms with Crippen molar-refractivity contribution in [3.63, 3.8) is 0 Å². The van der Waals surface area contributed by atoms with Gasteiger partial charge in [0.25, 0.3) is 5.91 Å². The molecule has 1 fully saturated rings. The number of nitrogens with zero attached hydrogens (tertiary/aromatic N) is 3. The number of amides is 1. The first kappa shape index (κ1) is 18.8. The maximum absolute atomic E-state index is 13.3. The van der Waals surface area contributed by atoms with Crippen LogP contribution in [0.2, 0.25) is 0 Å². The third-order valence-electron chi connectivity index (χ3n) is 5.95. The fourth-order valence-corrected chi connectivity index (χ4v) is 4.24. The molecular weight excluding hydrogens is 356 g/mol. The summed E-state index contributed by atoms with van der Waals surface area (Å²) < 4.78 is 12.7. The molecule has 0 spiro atoms. The van der Waals surface area contributed by atoms with Gasteiger partial charge in [0, 0.05) is 32.1 Å². The van der Waals surface area contributed by atoms with Crippen molar-refractivity contribution in [2.75, 3.05) is 26.4 Å². The number of benzene rings is 1. The van der Waals surface area contributed by atoms with Gasteiger partial charge in [0.15, 0.2) is 17.2 Å². The Balaban J connectivity index is 1.58. The van der Waals surface area contributed by atoms with Gasteiger partial charge >= 0.3 is 0 Å². The molecule has 3 heterocycles. The summed E-state index contributed by atoms with van der Waals surface area (Å²) in [4.78, 5) is 16.8. The van der Waals surface area contributed by atoms with Crippen LogP contribution in [0.15, 0.2) is 24.3 Å². The normalized spacial score (nSPS) is 20.5. The molecule has 4 rings (SSSR count). The second-order valence-electron chi connectivity index (χ2n) is 7.77. The van der Waals surface area contributed by atoms with Crippen molar-refractivity contribution in [1.82, 2.24) is 14.7 Å². The average Bonchev–Trinajstić information content (AvgIpc) is 3.41. The van der Waals surface area contributed by atoms with Gasteiger partial charge in [-0.1, -0.05) is 6.07 Å². The molecule has 0 radical (unpaired) electrons. The van der Waals surface area contributed by atoms with E-state index in [9.17, 15) is 4.79 Å². The summed E-state index contributed by atoms with van der Waals surface area (Å²) in [5.41, 5.74) is 2.53. The summed E-state index contributed by atoms with van der Waals surface area (Å²) in [5, 5.41) is 4.42. The molecule has 0 bridgehead atoms. The summed E-state index contributed by atoms with van der Waals surface area (Å²) in [6.45, 7) is 8.01. The number of carbonyl (C=O) groups excluding carboxylic acids is 1. The molecule has 7 heteroatoms. The second-order valence-corrected chi connectivity index (χ2v) is 7.77. The summed E-state index contributed by atoms with van der Waals surface area (Å²) in [5.74, 6) is 1.50. The van der Waals surface area contributed by atoms with Crippen LogP contribution in [0.1, 0.15) is 41.5 Å². The lowest BCUT2D eigenvalue weighted by molar-refractivity contribution is -0.909. The number of likely N-dealkylation sites (tertiary alicyclic amines) is 1. The van der Waals surface area contributed by atoms with E-state index in [4.69, 9.17) is 9.47 Å². The number of hydrogen-bond acceptors (Lipinski definition) is 4. The molecule has 2 atom stereocenters. The molecule has 1 amide bonds. The fourth-order valence-electron chi connectivity index (χ4n) is 4.24. The van der Waals surface area contributed by atoms with Gasteiger partial charge in [0.05, 0.1) is 19.6 Å². The predicted molar refractivity (Wildman–Crippen MR) is 105 cm³/mol. The zero-order valence-electron chi connectivity index (χ0n) is 16.9. The third-order valence-corrected chi connectivity index (χ3v) is 5.95. The molecule has 2 aliphatic heterocycles. The minimum absolute atomic E-state index is 0.0104. The highest BCUT2D eigenvalue weighted by Crippen LogP contribution is 2.33. The number of quaternary nitrogens is 1. The number of aromatic nitrogens is 2. The van der Waals surface area contributed by atoms with E-state index in [1.807, 2.05) is 43.1 Å². The minimum Gasteiger partial charge on any atom is -0.454 e. The van der Waals surface area contributed by atoms with Gasteiger partial charge in [-0.15, -0.1) is 0 Å². The van der Waals surface area contributed by atoms with E-state index in [0.717, 1.165) is 42.3 Å². The van der Waals surface area contributed by atoms with Crippen molar-refractivity contribution >= 4 is 5.91 Å². The van der Waals surface area contributed by atoms with Crippen molar-refractivity contribution in [3.8, 4) is 11.5 Å². The van der Waals surface area contributed by atoms with E-state index < -0.39 is 0 Å². The van der Waals surface area contributed by atoms with Crippen LogP contribution in [0.3, 0.4) is 0 Å². The predicted octanol–water partition coefficient (Wildman–Crippen LogP) is 1.17. The Morgan fingerprint density at radius 2 is 2.14 bits per heavy atom. The van der Waals surface area contributed by atoms with E-state index in [0.29, 0.717) is 18.3 Å². The number of fused-ring (bicyclic) bond motifs is 1. The van der Waals surface area contributed by atoms with E-state index in [-0.39, 0.29) is 12.7 Å². The van der Waals surface area contributed by atoms with Gasteiger partial charge in [0.1, 0.15) is 6.04 Å². The van der Waals surface area contributed by atoms with Gasteiger partial charge in [-0.05, 0) is 37.6 Å². The molecular formula is C21H29N4O3+. The van der Waals surface area contributed by atoms with Crippen LogP contribution in [0.25, 0.3) is 0 Å². The summed E-state index contributed by atoms with van der Waals surface area (Å²) in [6, 6.07) is 8.26. The number of ether oxygens (including phenoxy) is 2. The molecule has 7 nitrogen and oxygen atoms in total. The summed E-state index contributed by atoms with van der Waals surface area (Å²) >= 11 is 0. The van der Waals surface area contributed by atoms with Crippen LogP contribution < -0.4 is 14.4 Å². The zero-order chi connectivity index (χ0) is 19.7. The van der Waals surface area contributed by atoms with E-state index >= 15 is 0 Å². The Labute approximate surface area is 165 Å². The molecule has 0 aliphatic carbocycles. The average molecular weight is 385 g/mol. The zero-order valence-corrected chi connectivity index (χ0v) is 16.9. The number of rotatable bonds is 6. The third kappa shape index (κ3) is 3.71. The van der Waals surface area contributed by atoms with Crippen molar-refractivity contribution < 1.29 is 19.2 Å². The van der Waals surface area contributed by atoms with Crippen molar-refractivity contribution in [3.05, 3.63) is 41.2 Å². The summed E-state index contributed by atoms with van der Waals surface area (Å²) in [6.07, 6.45) is 2.39. The topological polar surface area (TPSA) is 61.0 Å². The maximum atomic E-state index is 13.3. The Morgan fingerprint density at radius 1 is 1.32 bits per heavy atom. The number of nitrogens with one attached hydrogen (secondary N) is 1. The van der Waals surface area contributed by atoms with Gasteiger partial charge < -0.3 is 19.3 Å². The first-order valence-electron chi connectivity index (χ1n) is 10.1. The van der Waals surface area contributed by atoms with Crippen molar-refractivity contribution in [2.45, 2.75) is 39.3 Å². The quantitative estimate of drug-likeness (QED) is 0.811. The van der Waals surface area contributed by atoms with Gasteiger partial charge in [0.2, 0.25) is 6.79 Å². The SMILES string of the molecule is CC[NH+]1CCC[C@@H]1CN(Cc1ccc2c(c1)OCO2)C(=O)c1cc(C)n(C)n1. The molecule has 2 aliphatic rings. The van der Waals surface area contributed by atoms with E-state index in [2.05, 4.69) is 12.0 Å². The molecule has 0 saturated carbocycles.